The molecule has 1 fully saturated rings. The van der Waals surface area contributed by atoms with Crippen molar-refractivity contribution in [2.45, 2.75) is 18.9 Å². The summed E-state index contributed by atoms with van der Waals surface area (Å²) in [7, 11) is 0. The number of carbonyl (C=O) groups is 1. The van der Waals surface area contributed by atoms with E-state index in [1.165, 1.54) is 0 Å². The van der Waals surface area contributed by atoms with Gasteiger partial charge >= 0.3 is 0 Å². The van der Waals surface area contributed by atoms with E-state index < -0.39 is 0 Å². The number of carbonyl (C=O) groups excluding carboxylic acids is 1. The predicted octanol–water partition coefficient (Wildman–Crippen LogP) is 1.35. The minimum atomic E-state index is -0.0675. The van der Waals surface area contributed by atoms with Crippen LogP contribution in [0, 0.1) is 0 Å². The fourth-order valence-corrected chi connectivity index (χ4v) is 2.35. The van der Waals surface area contributed by atoms with Gasteiger partial charge in [-0.05, 0) is 37.1 Å². The first-order chi connectivity index (χ1) is 9.72. The monoisotopic (exact) mass is 271 g/mol. The van der Waals surface area contributed by atoms with Crippen molar-refractivity contribution in [2.75, 3.05) is 17.6 Å². The largest absolute Gasteiger partial charge is 0.369 e. The molecular formula is C14H17N5O. The SMILES string of the molecule is Nc1ncc(-c2ccc(NC(=O)[C@@H]3CCCN3)cc2)[nH]1. The van der Waals surface area contributed by atoms with Gasteiger partial charge in [0.2, 0.25) is 5.91 Å². The lowest BCUT2D eigenvalue weighted by atomic mass is 10.1. The van der Waals surface area contributed by atoms with Crippen LogP contribution in [0.3, 0.4) is 0 Å². The summed E-state index contributed by atoms with van der Waals surface area (Å²) in [5.74, 6) is 0.422. The van der Waals surface area contributed by atoms with Gasteiger partial charge < -0.3 is 21.4 Å². The Labute approximate surface area is 116 Å². The van der Waals surface area contributed by atoms with Crippen LogP contribution in [0.25, 0.3) is 11.3 Å². The van der Waals surface area contributed by atoms with Crippen molar-refractivity contribution >= 4 is 17.5 Å². The molecule has 0 bridgehead atoms. The molecule has 0 radical (unpaired) electrons. The predicted molar refractivity (Wildman–Crippen MR) is 78.1 cm³/mol. The molecule has 2 aromatic rings. The normalized spacial score (nSPS) is 18.1. The van der Waals surface area contributed by atoms with Crippen molar-refractivity contribution in [1.82, 2.24) is 15.3 Å². The van der Waals surface area contributed by atoms with Gasteiger partial charge in [0.25, 0.3) is 0 Å². The number of nitrogens with one attached hydrogen (secondary N) is 3. The zero-order valence-corrected chi connectivity index (χ0v) is 11.0. The lowest BCUT2D eigenvalue weighted by Crippen LogP contribution is -2.35. The van der Waals surface area contributed by atoms with Gasteiger partial charge in [-0.1, -0.05) is 12.1 Å². The molecule has 6 nitrogen and oxygen atoms in total. The maximum absolute atomic E-state index is 12.0. The number of aromatic nitrogens is 2. The summed E-state index contributed by atoms with van der Waals surface area (Å²) in [5, 5.41) is 6.09. The highest BCUT2D eigenvalue weighted by atomic mass is 16.2. The molecule has 20 heavy (non-hydrogen) atoms. The van der Waals surface area contributed by atoms with E-state index in [1.807, 2.05) is 24.3 Å². The zero-order chi connectivity index (χ0) is 13.9. The number of H-pyrrole nitrogens is 1. The Hall–Kier alpha value is -2.34. The van der Waals surface area contributed by atoms with Crippen LogP contribution >= 0.6 is 0 Å². The van der Waals surface area contributed by atoms with Crippen LogP contribution in [0.4, 0.5) is 11.6 Å². The smallest absolute Gasteiger partial charge is 0.241 e. The molecule has 2 heterocycles. The van der Waals surface area contributed by atoms with Crippen molar-refractivity contribution in [2.24, 2.45) is 0 Å². The third kappa shape index (κ3) is 2.65. The summed E-state index contributed by atoms with van der Waals surface area (Å²) in [5.41, 5.74) is 8.18. The summed E-state index contributed by atoms with van der Waals surface area (Å²) < 4.78 is 0. The number of anilines is 2. The summed E-state index contributed by atoms with van der Waals surface area (Å²) >= 11 is 0. The number of hydrogen-bond acceptors (Lipinski definition) is 4. The summed E-state index contributed by atoms with van der Waals surface area (Å²) in [6.07, 6.45) is 3.64. The fraction of sp³-hybridized carbons (Fsp3) is 0.286. The highest BCUT2D eigenvalue weighted by molar-refractivity contribution is 5.95. The maximum Gasteiger partial charge on any atom is 0.241 e. The van der Waals surface area contributed by atoms with Gasteiger partial charge in [0.05, 0.1) is 17.9 Å². The Morgan fingerprint density at radius 3 is 2.75 bits per heavy atom. The third-order valence-electron chi connectivity index (χ3n) is 3.44. The quantitative estimate of drug-likeness (QED) is 0.677. The summed E-state index contributed by atoms with van der Waals surface area (Å²) in [6, 6.07) is 7.52. The number of imidazole rings is 1. The molecule has 1 aromatic heterocycles. The van der Waals surface area contributed by atoms with E-state index in [0.29, 0.717) is 5.95 Å². The van der Waals surface area contributed by atoms with Crippen molar-refractivity contribution in [3.63, 3.8) is 0 Å². The second-order valence-corrected chi connectivity index (χ2v) is 4.90. The molecule has 1 aliphatic rings. The van der Waals surface area contributed by atoms with Gasteiger partial charge in [-0.2, -0.15) is 0 Å². The Morgan fingerprint density at radius 1 is 1.35 bits per heavy atom. The minimum Gasteiger partial charge on any atom is -0.369 e. The van der Waals surface area contributed by atoms with Crippen molar-refractivity contribution in [3.8, 4) is 11.3 Å². The average molecular weight is 271 g/mol. The van der Waals surface area contributed by atoms with Crippen LogP contribution in [0.1, 0.15) is 12.8 Å². The number of aromatic amines is 1. The lowest BCUT2D eigenvalue weighted by molar-refractivity contribution is -0.117. The number of rotatable bonds is 3. The Morgan fingerprint density at radius 2 is 2.15 bits per heavy atom. The van der Waals surface area contributed by atoms with Crippen LogP contribution < -0.4 is 16.4 Å². The number of nitrogens with zero attached hydrogens (tertiary/aromatic N) is 1. The molecule has 6 heteroatoms. The molecule has 0 spiro atoms. The van der Waals surface area contributed by atoms with E-state index in [2.05, 4.69) is 20.6 Å². The van der Waals surface area contributed by atoms with E-state index in [-0.39, 0.29) is 11.9 Å². The van der Waals surface area contributed by atoms with Crippen LogP contribution in [-0.4, -0.2) is 28.5 Å². The Balaban J connectivity index is 1.68. The molecule has 104 valence electrons. The van der Waals surface area contributed by atoms with Crippen LogP contribution in [-0.2, 0) is 4.79 Å². The summed E-state index contributed by atoms with van der Waals surface area (Å²) in [6.45, 7) is 0.915. The second-order valence-electron chi connectivity index (χ2n) is 4.90. The number of nitrogens with two attached hydrogens (primary N) is 1. The zero-order valence-electron chi connectivity index (χ0n) is 11.0. The first-order valence-corrected chi connectivity index (χ1v) is 6.67. The maximum atomic E-state index is 12.0. The molecule has 1 saturated heterocycles. The third-order valence-corrected chi connectivity index (χ3v) is 3.44. The van der Waals surface area contributed by atoms with Crippen LogP contribution in [0.5, 0.6) is 0 Å². The van der Waals surface area contributed by atoms with E-state index in [0.717, 1.165) is 36.3 Å². The van der Waals surface area contributed by atoms with Gasteiger partial charge in [0, 0.05) is 5.69 Å². The van der Waals surface area contributed by atoms with Crippen LogP contribution in [0.15, 0.2) is 30.5 Å². The van der Waals surface area contributed by atoms with Crippen molar-refractivity contribution in [1.29, 1.82) is 0 Å². The van der Waals surface area contributed by atoms with Crippen molar-refractivity contribution < 1.29 is 4.79 Å². The molecule has 1 aromatic carbocycles. The first kappa shape index (κ1) is 12.7. The topological polar surface area (TPSA) is 95.8 Å². The summed E-state index contributed by atoms with van der Waals surface area (Å²) in [4.78, 5) is 18.9. The average Bonchev–Trinajstić information content (AvgIpc) is 3.10. The van der Waals surface area contributed by atoms with E-state index >= 15 is 0 Å². The molecule has 5 N–H and O–H groups in total. The highest BCUT2D eigenvalue weighted by Crippen LogP contribution is 2.20. The molecular weight excluding hydrogens is 254 g/mol. The highest BCUT2D eigenvalue weighted by Gasteiger charge is 2.21. The van der Waals surface area contributed by atoms with Crippen LogP contribution in [0.2, 0.25) is 0 Å². The molecule has 0 aliphatic carbocycles. The van der Waals surface area contributed by atoms with Gasteiger partial charge in [-0.3, -0.25) is 4.79 Å². The second kappa shape index (κ2) is 5.34. The van der Waals surface area contributed by atoms with Gasteiger partial charge in [0.1, 0.15) is 0 Å². The number of nitrogen functional groups attached to an aromatic ring is 1. The molecule has 1 atom stereocenters. The molecule has 1 amide bonds. The number of amides is 1. The Kier molecular flexibility index (Phi) is 3.39. The minimum absolute atomic E-state index is 0.0287. The van der Waals surface area contributed by atoms with Crippen molar-refractivity contribution in [3.05, 3.63) is 30.5 Å². The number of hydrogen-bond donors (Lipinski definition) is 4. The molecule has 0 unspecified atom stereocenters. The fourth-order valence-electron chi connectivity index (χ4n) is 2.35. The molecule has 1 aliphatic heterocycles. The van der Waals surface area contributed by atoms with E-state index in [9.17, 15) is 4.79 Å². The van der Waals surface area contributed by atoms with E-state index in [1.54, 1.807) is 6.20 Å². The molecule has 0 saturated carbocycles. The first-order valence-electron chi connectivity index (χ1n) is 6.67. The standard InChI is InChI=1S/C14H17N5O/c15-14-17-8-12(19-14)9-3-5-10(6-4-9)18-13(20)11-2-1-7-16-11/h3-6,8,11,16H,1-2,7H2,(H,18,20)(H3,15,17,19)/t11-/m0/s1. The van der Waals surface area contributed by atoms with Gasteiger partial charge in [-0.25, -0.2) is 4.98 Å². The van der Waals surface area contributed by atoms with E-state index in [4.69, 9.17) is 5.73 Å². The van der Waals surface area contributed by atoms with Gasteiger partial charge in [0.15, 0.2) is 5.95 Å². The molecule has 3 rings (SSSR count). The number of benzene rings is 1. The van der Waals surface area contributed by atoms with Gasteiger partial charge in [-0.15, -0.1) is 0 Å². The lowest BCUT2D eigenvalue weighted by Gasteiger charge is -2.11. The Bertz CT molecular complexity index is 598.